The summed E-state index contributed by atoms with van der Waals surface area (Å²) < 4.78 is 0. The van der Waals surface area contributed by atoms with Gasteiger partial charge in [-0.1, -0.05) is 0 Å². The minimum atomic E-state index is 0.135. The van der Waals surface area contributed by atoms with Crippen molar-refractivity contribution >= 4 is 27.4 Å². The van der Waals surface area contributed by atoms with Crippen molar-refractivity contribution in [1.29, 1.82) is 0 Å². The summed E-state index contributed by atoms with van der Waals surface area (Å²) in [5.41, 5.74) is 0.270. The lowest BCUT2D eigenvalue weighted by Crippen LogP contribution is -2.60. The monoisotopic (exact) mass is 304 g/mol. The Kier molecular flexibility index (Phi) is 3.45. The summed E-state index contributed by atoms with van der Waals surface area (Å²) in [4.78, 5) is 11.2. The summed E-state index contributed by atoms with van der Waals surface area (Å²) in [6, 6.07) is 2.61. The molecule has 0 unspecified atom stereocenters. The van der Waals surface area contributed by atoms with Crippen molar-refractivity contribution in [3.05, 3.63) is 17.3 Å². The lowest BCUT2D eigenvalue weighted by Gasteiger charge is -2.46. The van der Waals surface area contributed by atoms with Crippen LogP contribution in [0.25, 0.3) is 10.2 Å². The van der Waals surface area contributed by atoms with E-state index in [0.29, 0.717) is 6.04 Å². The molecule has 5 heteroatoms. The van der Waals surface area contributed by atoms with E-state index in [4.69, 9.17) is 0 Å². The van der Waals surface area contributed by atoms with Crippen molar-refractivity contribution in [2.75, 3.05) is 5.32 Å². The van der Waals surface area contributed by atoms with Gasteiger partial charge in [-0.3, -0.25) is 0 Å². The number of aryl methyl sites for hydroxylation is 1. The molecule has 4 nitrogen and oxygen atoms in total. The van der Waals surface area contributed by atoms with E-state index in [2.05, 4.69) is 61.3 Å². The first-order valence-corrected chi connectivity index (χ1v) is 8.33. The standard InChI is InChI=1S/C16H24N4S/c1-10-6-12-13(17-9-18-14(12)21-10)19-11-7-15(2,3)20-16(4,5)8-11/h6,9,11,20H,7-8H2,1-5H3,(H,17,18,19). The molecular formula is C16H24N4S. The first-order valence-electron chi connectivity index (χ1n) is 7.51. The van der Waals surface area contributed by atoms with Crippen LogP contribution in [0.2, 0.25) is 0 Å². The molecule has 3 rings (SSSR count). The number of hydrogen-bond acceptors (Lipinski definition) is 5. The summed E-state index contributed by atoms with van der Waals surface area (Å²) in [6.45, 7) is 11.2. The van der Waals surface area contributed by atoms with Crippen LogP contribution >= 0.6 is 11.3 Å². The van der Waals surface area contributed by atoms with Gasteiger partial charge >= 0.3 is 0 Å². The van der Waals surface area contributed by atoms with Crippen LogP contribution in [0.5, 0.6) is 0 Å². The van der Waals surface area contributed by atoms with Crippen molar-refractivity contribution in [1.82, 2.24) is 15.3 Å². The first-order chi connectivity index (χ1) is 9.74. The number of nitrogens with zero attached hydrogens (tertiary/aromatic N) is 2. The van der Waals surface area contributed by atoms with Crippen LogP contribution in [0.1, 0.15) is 45.4 Å². The van der Waals surface area contributed by atoms with Gasteiger partial charge in [0, 0.05) is 22.0 Å². The average molecular weight is 304 g/mol. The molecule has 3 heterocycles. The van der Waals surface area contributed by atoms with Crippen LogP contribution in [-0.4, -0.2) is 27.1 Å². The van der Waals surface area contributed by atoms with Crippen molar-refractivity contribution < 1.29 is 0 Å². The van der Waals surface area contributed by atoms with E-state index in [1.54, 1.807) is 17.7 Å². The van der Waals surface area contributed by atoms with Gasteiger partial charge in [0.1, 0.15) is 17.0 Å². The normalized spacial score (nSPS) is 21.6. The van der Waals surface area contributed by atoms with Gasteiger partial charge in [-0.05, 0) is 53.5 Å². The number of aromatic nitrogens is 2. The third-order valence-corrected chi connectivity index (χ3v) is 4.94. The topological polar surface area (TPSA) is 49.8 Å². The van der Waals surface area contributed by atoms with Crippen LogP contribution in [0.4, 0.5) is 5.82 Å². The number of piperidine rings is 1. The maximum Gasteiger partial charge on any atom is 0.138 e. The number of anilines is 1. The molecule has 2 N–H and O–H groups in total. The highest BCUT2D eigenvalue weighted by molar-refractivity contribution is 7.18. The second-order valence-electron chi connectivity index (χ2n) is 7.44. The fourth-order valence-corrected chi connectivity index (χ4v) is 4.56. The molecule has 21 heavy (non-hydrogen) atoms. The van der Waals surface area contributed by atoms with Gasteiger partial charge in [-0.2, -0.15) is 0 Å². The molecule has 1 saturated heterocycles. The minimum absolute atomic E-state index is 0.135. The van der Waals surface area contributed by atoms with Gasteiger partial charge < -0.3 is 10.6 Å². The van der Waals surface area contributed by atoms with Crippen molar-refractivity contribution in [3.8, 4) is 0 Å². The lowest BCUT2D eigenvalue weighted by atomic mass is 9.79. The van der Waals surface area contributed by atoms with Gasteiger partial charge in [0.15, 0.2) is 0 Å². The lowest BCUT2D eigenvalue weighted by molar-refractivity contribution is 0.170. The summed E-state index contributed by atoms with van der Waals surface area (Å²) in [5, 5.41) is 8.53. The number of nitrogens with one attached hydrogen (secondary N) is 2. The van der Waals surface area contributed by atoms with Gasteiger partial charge in [-0.25, -0.2) is 9.97 Å². The Morgan fingerprint density at radius 3 is 2.52 bits per heavy atom. The molecule has 0 atom stereocenters. The molecule has 2 aromatic heterocycles. The fraction of sp³-hybridized carbons (Fsp3) is 0.625. The number of fused-ring (bicyclic) bond motifs is 1. The SMILES string of the molecule is Cc1cc2c(NC3CC(C)(C)NC(C)(C)C3)ncnc2s1. The molecule has 0 bridgehead atoms. The summed E-state index contributed by atoms with van der Waals surface area (Å²) in [7, 11) is 0. The quantitative estimate of drug-likeness (QED) is 0.888. The molecule has 1 fully saturated rings. The number of rotatable bonds is 2. The number of hydrogen-bond donors (Lipinski definition) is 2. The molecule has 1 aliphatic heterocycles. The highest BCUT2D eigenvalue weighted by Crippen LogP contribution is 2.33. The summed E-state index contributed by atoms with van der Waals surface area (Å²) in [6.07, 6.45) is 3.84. The molecule has 0 spiro atoms. The fourth-order valence-electron chi connectivity index (χ4n) is 3.71. The zero-order valence-corrected chi connectivity index (χ0v) is 14.3. The molecule has 0 amide bonds. The highest BCUT2D eigenvalue weighted by atomic mass is 32.1. The van der Waals surface area contributed by atoms with E-state index >= 15 is 0 Å². The van der Waals surface area contributed by atoms with Crippen LogP contribution in [0.3, 0.4) is 0 Å². The van der Waals surface area contributed by atoms with Crippen molar-refractivity contribution in [2.45, 2.75) is 64.6 Å². The maximum atomic E-state index is 4.47. The van der Waals surface area contributed by atoms with Gasteiger partial charge in [0.2, 0.25) is 0 Å². The molecule has 0 aliphatic carbocycles. The van der Waals surface area contributed by atoms with Crippen molar-refractivity contribution in [2.24, 2.45) is 0 Å². The van der Waals surface area contributed by atoms with E-state index < -0.39 is 0 Å². The predicted octanol–water partition coefficient (Wildman–Crippen LogP) is 3.72. The second-order valence-corrected chi connectivity index (χ2v) is 8.68. The van der Waals surface area contributed by atoms with Gasteiger partial charge in [-0.15, -0.1) is 11.3 Å². The molecule has 1 aliphatic rings. The van der Waals surface area contributed by atoms with Crippen molar-refractivity contribution in [3.63, 3.8) is 0 Å². The third kappa shape index (κ3) is 3.19. The maximum absolute atomic E-state index is 4.47. The Bertz CT molecular complexity index is 643. The Balaban J connectivity index is 1.88. The van der Waals surface area contributed by atoms with E-state index in [1.807, 2.05) is 0 Å². The van der Waals surface area contributed by atoms with Crippen LogP contribution in [0.15, 0.2) is 12.4 Å². The molecule has 114 valence electrons. The van der Waals surface area contributed by atoms with Crippen LogP contribution in [0, 0.1) is 6.92 Å². The van der Waals surface area contributed by atoms with E-state index in [9.17, 15) is 0 Å². The zero-order chi connectivity index (χ0) is 15.3. The smallest absolute Gasteiger partial charge is 0.138 e. The van der Waals surface area contributed by atoms with E-state index in [-0.39, 0.29) is 11.1 Å². The first kappa shape index (κ1) is 14.7. The van der Waals surface area contributed by atoms with Crippen LogP contribution in [-0.2, 0) is 0 Å². The number of thiophene rings is 1. The average Bonchev–Trinajstić information content (AvgIpc) is 2.66. The third-order valence-electron chi connectivity index (χ3n) is 3.98. The molecule has 0 saturated carbocycles. The van der Waals surface area contributed by atoms with Gasteiger partial charge in [0.25, 0.3) is 0 Å². The Morgan fingerprint density at radius 2 is 1.86 bits per heavy atom. The van der Waals surface area contributed by atoms with Gasteiger partial charge in [0.05, 0.1) is 5.39 Å². The molecular weight excluding hydrogens is 280 g/mol. The second kappa shape index (κ2) is 4.92. The minimum Gasteiger partial charge on any atom is -0.367 e. The highest BCUT2D eigenvalue weighted by Gasteiger charge is 2.37. The Labute approximate surface area is 130 Å². The Hall–Kier alpha value is -1.20. The molecule has 2 aromatic rings. The predicted molar refractivity (Wildman–Crippen MR) is 90.1 cm³/mol. The summed E-state index contributed by atoms with van der Waals surface area (Å²) >= 11 is 1.72. The summed E-state index contributed by atoms with van der Waals surface area (Å²) in [5.74, 6) is 0.975. The molecule has 0 aromatic carbocycles. The Morgan fingerprint density at radius 1 is 1.19 bits per heavy atom. The zero-order valence-electron chi connectivity index (χ0n) is 13.4. The largest absolute Gasteiger partial charge is 0.367 e. The van der Waals surface area contributed by atoms with Crippen LogP contribution < -0.4 is 10.6 Å². The van der Waals surface area contributed by atoms with E-state index in [0.717, 1.165) is 28.9 Å². The van der Waals surface area contributed by atoms with E-state index in [1.165, 1.54) is 4.88 Å². The molecule has 0 radical (unpaired) electrons.